The van der Waals surface area contributed by atoms with Gasteiger partial charge in [0.1, 0.15) is 11.6 Å². The second kappa shape index (κ2) is 6.21. The van der Waals surface area contributed by atoms with Gasteiger partial charge in [0.05, 0.1) is 10.2 Å². The molecule has 2 aromatic carbocycles. The number of thiazole rings is 1. The zero-order valence-electron chi connectivity index (χ0n) is 12.5. The number of rotatable bonds is 3. The van der Waals surface area contributed by atoms with E-state index in [2.05, 4.69) is 10.3 Å². The maximum atomic E-state index is 13.2. The number of ether oxygens (including phenoxy) is 1. The molecule has 0 fully saturated rings. The SMILES string of the molecule is CN(C)C(=O)Nc1ccc(Oc2nc3ccc(F)cc3s2)cc1. The Morgan fingerprint density at radius 2 is 1.96 bits per heavy atom. The van der Waals surface area contributed by atoms with Crippen molar-refractivity contribution in [2.75, 3.05) is 19.4 Å². The molecule has 2 amide bonds. The average Bonchev–Trinajstić information content (AvgIpc) is 2.90. The van der Waals surface area contributed by atoms with Crippen LogP contribution in [0.1, 0.15) is 0 Å². The summed E-state index contributed by atoms with van der Waals surface area (Å²) in [5.74, 6) is 0.293. The van der Waals surface area contributed by atoms with Crippen molar-refractivity contribution in [3.8, 4) is 10.9 Å². The zero-order chi connectivity index (χ0) is 16.4. The summed E-state index contributed by atoms with van der Waals surface area (Å²) in [6.45, 7) is 0. The van der Waals surface area contributed by atoms with Gasteiger partial charge in [0.2, 0.25) is 0 Å². The van der Waals surface area contributed by atoms with Gasteiger partial charge in [-0.3, -0.25) is 0 Å². The number of nitrogens with one attached hydrogen (secondary N) is 1. The number of nitrogens with zero attached hydrogens (tertiary/aromatic N) is 2. The van der Waals surface area contributed by atoms with Crippen molar-refractivity contribution in [2.45, 2.75) is 0 Å². The van der Waals surface area contributed by atoms with E-state index in [1.54, 1.807) is 44.4 Å². The smallest absolute Gasteiger partial charge is 0.321 e. The van der Waals surface area contributed by atoms with E-state index in [1.807, 2.05) is 0 Å². The minimum absolute atomic E-state index is 0.202. The number of carbonyl (C=O) groups excluding carboxylic acids is 1. The van der Waals surface area contributed by atoms with Crippen molar-refractivity contribution >= 4 is 33.3 Å². The number of amides is 2. The highest BCUT2D eigenvalue weighted by Gasteiger charge is 2.08. The van der Waals surface area contributed by atoms with Crippen LogP contribution in [0.5, 0.6) is 10.9 Å². The van der Waals surface area contributed by atoms with E-state index in [9.17, 15) is 9.18 Å². The molecule has 3 aromatic rings. The monoisotopic (exact) mass is 331 g/mol. The lowest BCUT2D eigenvalue weighted by Gasteiger charge is -2.12. The normalized spacial score (nSPS) is 10.6. The van der Waals surface area contributed by atoms with Crippen LogP contribution in [-0.4, -0.2) is 30.0 Å². The third kappa shape index (κ3) is 3.57. The van der Waals surface area contributed by atoms with Gasteiger partial charge >= 0.3 is 6.03 Å². The topological polar surface area (TPSA) is 54.5 Å². The summed E-state index contributed by atoms with van der Waals surface area (Å²) in [6.07, 6.45) is 0. The Balaban J connectivity index is 1.73. The van der Waals surface area contributed by atoms with Crippen LogP contribution in [0.15, 0.2) is 42.5 Å². The molecule has 1 heterocycles. The van der Waals surface area contributed by atoms with Crippen LogP contribution in [0, 0.1) is 5.82 Å². The van der Waals surface area contributed by atoms with Crippen molar-refractivity contribution in [1.29, 1.82) is 0 Å². The molecule has 0 bridgehead atoms. The molecule has 0 spiro atoms. The largest absolute Gasteiger partial charge is 0.431 e. The van der Waals surface area contributed by atoms with E-state index in [4.69, 9.17) is 4.74 Å². The quantitative estimate of drug-likeness (QED) is 0.777. The maximum absolute atomic E-state index is 13.2. The molecule has 5 nitrogen and oxygen atoms in total. The van der Waals surface area contributed by atoms with E-state index < -0.39 is 0 Å². The molecule has 1 N–H and O–H groups in total. The Bertz CT molecular complexity index is 846. The lowest BCUT2D eigenvalue weighted by molar-refractivity contribution is 0.230. The summed E-state index contributed by atoms with van der Waals surface area (Å²) >= 11 is 1.28. The minimum atomic E-state index is -0.298. The second-order valence-electron chi connectivity index (χ2n) is 5.04. The van der Waals surface area contributed by atoms with Gasteiger partial charge in [0.25, 0.3) is 5.19 Å². The number of urea groups is 1. The van der Waals surface area contributed by atoms with E-state index in [-0.39, 0.29) is 11.8 Å². The van der Waals surface area contributed by atoms with Gasteiger partial charge in [0, 0.05) is 19.8 Å². The molecule has 0 aliphatic heterocycles. The van der Waals surface area contributed by atoms with Crippen molar-refractivity contribution in [2.24, 2.45) is 0 Å². The van der Waals surface area contributed by atoms with Crippen LogP contribution in [-0.2, 0) is 0 Å². The minimum Gasteiger partial charge on any atom is -0.431 e. The summed E-state index contributed by atoms with van der Waals surface area (Å²) in [4.78, 5) is 17.3. The van der Waals surface area contributed by atoms with Gasteiger partial charge in [-0.05, 0) is 42.5 Å². The highest BCUT2D eigenvalue weighted by molar-refractivity contribution is 7.20. The van der Waals surface area contributed by atoms with Gasteiger partial charge in [-0.2, -0.15) is 0 Å². The van der Waals surface area contributed by atoms with Crippen LogP contribution in [0.4, 0.5) is 14.9 Å². The molecule has 3 rings (SSSR count). The fraction of sp³-hybridized carbons (Fsp3) is 0.125. The first kappa shape index (κ1) is 15.2. The number of halogens is 1. The maximum Gasteiger partial charge on any atom is 0.321 e. The summed E-state index contributed by atoms with van der Waals surface area (Å²) in [5, 5.41) is 3.18. The number of hydrogen-bond donors (Lipinski definition) is 1. The number of fused-ring (bicyclic) bond motifs is 1. The molecule has 0 atom stereocenters. The van der Waals surface area contributed by atoms with Gasteiger partial charge in [-0.15, -0.1) is 0 Å². The number of benzene rings is 2. The lowest BCUT2D eigenvalue weighted by Crippen LogP contribution is -2.27. The van der Waals surface area contributed by atoms with Gasteiger partial charge in [0.15, 0.2) is 0 Å². The van der Waals surface area contributed by atoms with Crippen LogP contribution < -0.4 is 10.1 Å². The first-order valence-corrected chi connectivity index (χ1v) is 7.65. The highest BCUT2D eigenvalue weighted by atomic mass is 32.1. The molecular weight excluding hydrogens is 317 g/mol. The summed E-state index contributed by atoms with van der Waals surface area (Å²) in [6, 6.07) is 11.2. The Morgan fingerprint density at radius 1 is 1.22 bits per heavy atom. The predicted molar refractivity (Wildman–Crippen MR) is 88.8 cm³/mol. The van der Waals surface area contributed by atoms with Crippen molar-refractivity contribution < 1.29 is 13.9 Å². The molecule has 0 saturated carbocycles. The van der Waals surface area contributed by atoms with Gasteiger partial charge in [-0.25, -0.2) is 14.2 Å². The van der Waals surface area contributed by atoms with Crippen molar-refractivity contribution in [3.63, 3.8) is 0 Å². The Hall–Kier alpha value is -2.67. The predicted octanol–water partition coefficient (Wildman–Crippen LogP) is 4.32. The second-order valence-corrected chi connectivity index (χ2v) is 6.04. The number of carbonyl (C=O) groups is 1. The fourth-order valence-electron chi connectivity index (χ4n) is 1.86. The van der Waals surface area contributed by atoms with Crippen LogP contribution in [0.3, 0.4) is 0 Å². The zero-order valence-corrected chi connectivity index (χ0v) is 13.4. The first-order chi connectivity index (χ1) is 11.0. The van der Waals surface area contributed by atoms with Crippen LogP contribution >= 0.6 is 11.3 Å². The highest BCUT2D eigenvalue weighted by Crippen LogP contribution is 2.32. The molecule has 0 saturated heterocycles. The Labute approximate surface area is 136 Å². The lowest BCUT2D eigenvalue weighted by atomic mass is 10.3. The molecular formula is C16H14FN3O2S. The molecule has 7 heteroatoms. The molecule has 0 aliphatic rings. The van der Waals surface area contributed by atoms with Gasteiger partial charge in [-0.1, -0.05) is 11.3 Å². The standard InChI is InChI=1S/C16H14FN3O2S/c1-20(2)15(21)18-11-4-6-12(7-5-11)22-16-19-13-8-3-10(17)9-14(13)23-16/h3-9H,1-2H3,(H,18,21). The van der Waals surface area contributed by atoms with Crippen LogP contribution in [0.2, 0.25) is 0 Å². The molecule has 1 aromatic heterocycles. The number of hydrogen-bond acceptors (Lipinski definition) is 4. The van der Waals surface area contributed by atoms with E-state index >= 15 is 0 Å². The summed E-state index contributed by atoms with van der Waals surface area (Å²) < 4.78 is 19.6. The van der Waals surface area contributed by atoms with E-state index in [0.717, 1.165) is 4.70 Å². The first-order valence-electron chi connectivity index (χ1n) is 6.83. The molecule has 23 heavy (non-hydrogen) atoms. The third-order valence-electron chi connectivity index (χ3n) is 3.05. The summed E-state index contributed by atoms with van der Waals surface area (Å²) in [7, 11) is 3.34. The number of aromatic nitrogens is 1. The van der Waals surface area contributed by atoms with Crippen molar-refractivity contribution in [3.05, 3.63) is 48.3 Å². The molecule has 0 aliphatic carbocycles. The van der Waals surface area contributed by atoms with Crippen molar-refractivity contribution in [1.82, 2.24) is 9.88 Å². The van der Waals surface area contributed by atoms with Crippen LogP contribution in [0.25, 0.3) is 10.2 Å². The molecule has 0 radical (unpaired) electrons. The summed E-state index contributed by atoms with van der Waals surface area (Å²) in [5.41, 5.74) is 1.36. The van der Waals surface area contributed by atoms with E-state index in [0.29, 0.717) is 22.1 Å². The molecule has 0 unspecified atom stereocenters. The molecule has 118 valence electrons. The third-order valence-corrected chi connectivity index (χ3v) is 3.94. The van der Waals surface area contributed by atoms with Gasteiger partial charge < -0.3 is 15.0 Å². The fourth-order valence-corrected chi connectivity index (χ4v) is 2.72. The number of anilines is 1. The van der Waals surface area contributed by atoms with E-state index in [1.165, 1.54) is 28.4 Å². The average molecular weight is 331 g/mol. The Kier molecular flexibility index (Phi) is 4.12. The Morgan fingerprint density at radius 3 is 2.65 bits per heavy atom.